The highest BCUT2D eigenvalue weighted by Crippen LogP contribution is 2.56. The Bertz CT molecular complexity index is 3920. The first kappa shape index (κ1) is 118. The van der Waals surface area contributed by atoms with Crippen LogP contribution in [0.4, 0.5) is 0 Å². The molecule has 24 heteroatoms. The molecule has 4 aromatic carbocycles. The number of methoxy groups -OCH3 is 3. The predicted molar refractivity (Wildman–Crippen MR) is 550 cm³/mol. The van der Waals surface area contributed by atoms with Gasteiger partial charge in [0.15, 0.2) is 33.8 Å². The molecule has 0 unspecified atom stereocenters. The Morgan fingerprint density at radius 2 is 0.748 bits per heavy atom. The van der Waals surface area contributed by atoms with Gasteiger partial charge in [-0.15, -0.1) is 23.2 Å². The van der Waals surface area contributed by atoms with Gasteiger partial charge in [-0.1, -0.05) is 267 Å². The van der Waals surface area contributed by atoms with E-state index in [1.165, 1.54) is 226 Å². The molecular formula is C111H177Cl3NO18PSi. The smallest absolute Gasteiger partial charge is 0.469 e. The van der Waals surface area contributed by atoms with Crippen molar-refractivity contribution in [1.29, 1.82) is 5.26 Å². The largest absolute Gasteiger partial charge is 0.482 e. The highest BCUT2D eigenvalue weighted by Gasteiger charge is 2.49. The van der Waals surface area contributed by atoms with Crippen molar-refractivity contribution >= 4 is 73.4 Å². The molecule has 20 atom stereocenters. The molecule has 0 radical (unpaired) electrons. The SMILES string of the molecule is CC(C)(C)[Si](C)(C)Cl.CCCCC[C@H](C)CC[C@@H]1[C@H]2Cc3cccc(OCC(=O)O)c3C[C@H]2C[C@H]1C.CCCCC[C@H](C)CC[C@@H]1[C@H]2Cc3cccc(OCC(=O)OC)c3C[C@H]2C[C@H]1C.CCCCC[C@H](C)CC[C@@H]1[C@H]2Cc3cccc(OCC(=O)OC)c3C[C@H]2C[C@H]1C.CCCCC[C@H](O)CC[C@@H]1[C@H]2Cc3cccc(OCC(=O)OC)c3C[C@H]2C[C@H]1O.ClCCl.N#CCCOP(=O)(O)O. The summed E-state index contributed by atoms with van der Waals surface area (Å²) >= 11 is 15.7. The van der Waals surface area contributed by atoms with Gasteiger partial charge in [0.2, 0.25) is 0 Å². The van der Waals surface area contributed by atoms with Gasteiger partial charge in [-0.3, -0.25) is 4.52 Å². The number of alkyl halides is 2. The summed E-state index contributed by atoms with van der Waals surface area (Å²) in [4.78, 5) is 61.3. The minimum atomic E-state index is -4.35. The number of carbonyl (C=O) groups is 4. The Balaban J connectivity index is 0.000000258. The Morgan fingerprint density at radius 3 is 1.02 bits per heavy atom. The molecule has 764 valence electrons. The number of nitriles is 1. The van der Waals surface area contributed by atoms with Crippen molar-refractivity contribution in [2.45, 2.75) is 358 Å². The second-order valence-corrected chi connectivity index (χ2v) is 51.9. The van der Waals surface area contributed by atoms with Crippen LogP contribution in [-0.4, -0.2) is 128 Å². The highest BCUT2D eigenvalue weighted by molar-refractivity contribution is 7.46. The Hall–Kier alpha value is -5.43. The molecule has 0 heterocycles. The molecule has 5 N–H and O–H groups in total. The third kappa shape index (κ3) is 39.8. The van der Waals surface area contributed by atoms with E-state index in [1.807, 2.05) is 36.4 Å². The number of unbranched alkanes of at least 4 members (excludes halogenated alkanes) is 8. The zero-order valence-corrected chi connectivity index (χ0v) is 90.1. The van der Waals surface area contributed by atoms with Crippen LogP contribution in [0.25, 0.3) is 0 Å². The zero-order chi connectivity index (χ0) is 99.5. The van der Waals surface area contributed by atoms with Crippen LogP contribution in [0.1, 0.15) is 321 Å². The quantitative estimate of drug-likeness (QED) is 0.00523. The predicted octanol–water partition coefficient (Wildman–Crippen LogP) is 26.9. The minimum Gasteiger partial charge on any atom is -0.482 e. The summed E-state index contributed by atoms with van der Waals surface area (Å²) in [6.45, 7) is 34.2. The fraction of sp³-hybridized carbons (Fsp3) is 0.739. The number of carbonyl (C=O) groups excluding carboxylic acids is 3. The number of halogens is 3. The molecule has 0 saturated heterocycles. The third-order valence-corrected chi connectivity index (χ3v) is 37.5. The summed E-state index contributed by atoms with van der Waals surface area (Å²) in [5.74, 6) is 14.8. The second-order valence-electron chi connectivity index (χ2n) is 42.6. The summed E-state index contributed by atoms with van der Waals surface area (Å²) in [6.07, 6.45) is 43.5. The number of carboxylic acids is 1. The highest BCUT2D eigenvalue weighted by atomic mass is 35.6. The minimum absolute atomic E-state index is 0.00397. The van der Waals surface area contributed by atoms with Crippen molar-refractivity contribution in [3.8, 4) is 29.1 Å². The standard InChI is InChI=1S/2C26H40O3.C25H38O3.C24H36O5.C6H15ClSi.C3H6NO4P.CH2Cl2/c2*1-5-6-7-9-18(2)12-13-22-19(3)14-21-16-24-20(15-23(21)22)10-8-11-25(24)29-17-26(27)28-4;1-4-5-6-8-17(2)11-12-21-18(3)13-20-15-23-19(14-22(20)21)9-7-10-24(23)28-16-25(26)27;1-3-4-5-8-18(25)10-11-19-20-12-16-7-6-9-23(29-15-24(27)28-2)21(16)13-17(20)14-22(19)26;1-6(2,3)8(4,5)7;4-2-1-3-8-9(5,6)7;2-1-3/h2*8,10-11,18-19,21-23H,5-7,9,12-17H2,1-4H3;7,9-10,17-18,20-22H,4-6,8,11-16H2,1-3H3,(H,26,27);6-7,9,17-20,22,25-26H,3-5,8,10-15H2,1-2H3;1-5H3;1,3H2,(H2,5,6,7);1H2/t2*18-,19+,21+,22-,23-;17-,18+,20+,21-,22-;17-,18-,19+,20-,22+;;;/m0000.../s1. The van der Waals surface area contributed by atoms with Gasteiger partial charge in [-0.2, -0.15) is 16.3 Å². The van der Waals surface area contributed by atoms with Crippen molar-refractivity contribution in [3.05, 3.63) is 117 Å². The molecule has 0 bridgehead atoms. The Kier molecular flexibility index (Phi) is 53.8. The van der Waals surface area contributed by atoms with E-state index in [2.05, 4.69) is 149 Å². The van der Waals surface area contributed by atoms with E-state index in [9.17, 15) is 34.0 Å². The molecular weight excluding hydrogens is 1800 g/mol. The zero-order valence-electron chi connectivity index (χ0n) is 86.0. The number of esters is 3. The molecule has 19 nitrogen and oxygen atoms in total. The lowest BCUT2D eigenvalue weighted by molar-refractivity contribution is -0.143. The molecule has 8 aliphatic rings. The van der Waals surface area contributed by atoms with E-state index < -0.39 is 21.2 Å². The normalized spacial score (nSPS) is 24.4. The number of aliphatic hydroxyl groups excluding tert-OH is 2. The number of aliphatic hydroxyl groups is 2. The maximum absolute atomic E-state index is 11.5. The van der Waals surface area contributed by atoms with E-state index in [1.54, 1.807) is 6.07 Å². The third-order valence-electron chi connectivity index (χ3n) is 31.7. The van der Waals surface area contributed by atoms with Gasteiger partial charge in [0.05, 0.1) is 58.0 Å². The van der Waals surface area contributed by atoms with Crippen LogP contribution in [0.5, 0.6) is 23.0 Å². The van der Waals surface area contributed by atoms with Crippen LogP contribution in [0.15, 0.2) is 72.8 Å². The second kappa shape index (κ2) is 61.4. The van der Waals surface area contributed by atoms with Crippen LogP contribution in [0, 0.1) is 118 Å². The van der Waals surface area contributed by atoms with Gasteiger partial charge < -0.3 is 58.3 Å². The number of ether oxygens (including phenoxy) is 7. The summed E-state index contributed by atoms with van der Waals surface area (Å²) in [7, 11) is -1.57. The molecule has 135 heavy (non-hydrogen) atoms. The molecule has 12 rings (SSSR count). The number of benzene rings is 4. The molecule has 0 aromatic heterocycles. The van der Waals surface area contributed by atoms with E-state index in [-0.39, 0.29) is 80.8 Å². The fourth-order valence-electron chi connectivity index (χ4n) is 23.1. The van der Waals surface area contributed by atoms with Gasteiger partial charge in [0.25, 0.3) is 0 Å². The van der Waals surface area contributed by atoms with Gasteiger partial charge in [-0.25, -0.2) is 23.7 Å². The molecule has 0 spiro atoms. The van der Waals surface area contributed by atoms with Crippen molar-refractivity contribution in [3.63, 3.8) is 0 Å². The molecule has 4 saturated carbocycles. The van der Waals surface area contributed by atoms with E-state index in [0.29, 0.717) is 16.9 Å². The first-order valence-electron chi connectivity index (χ1n) is 51.9. The summed E-state index contributed by atoms with van der Waals surface area (Å²) < 4.78 is 50.8. The number of hydrogen-bond donors (Lipinski definition) is 5. The number of rotatable bonds is 43. The topological polar surface area (TPSA) is 284 Å². The Labute approximate surface area is 830 Å². The van der Waals surface area contributed by atoms with Gasteiger partial charge in [-0.05, 0) is 296 Å². The van der Waals surface area contributed by atoms with Crippen LogP contribution in [0.2, 0.25) is 18.1 Å². The first-order valence-corrected chi connectivity index (χ1v) is 58.5. The van der Waals surface area contributed by atoms with E-state index in [0.717, 1.165) is 182 Å². The van der Waals surface area contributed by atoms with Gasteiger partial charge >= 0.3 is 31.7 Å². The number of carboxylic acid groups (broad SMARTS) is 1. The Morgan fingerprint density at radius 1 is 0.467 bits per heavy atom. The summed E-state index contributed by atoms with van der Waals surface area (Å²) in [5.41, 5.74) is 10.6. The van der Waals surface area contributed by atoms with Crippen molar-refractivity contribution in [2.75, 3.05) is 59.7 Å². The number of hydrogen-bond acceptors (Lipinski definition) is 16. The molecule has 4 fully saturated rings. The van der Waals surface area contributed by atoms with Gasteiger partial charge in [0, 0.05) is 0 Å². The molecule has 0 aliphatic heterocycles. The van der Waals surface area contributed by atoms with Gasteiger partial charge in [0.1, 0.15) is 23.0 Å². The molecule has 8 aliphatic carbocycles. The number of aliphatic carboxylic acids is 1. The average molecular weight is 1980 g/mol. The lowest BCUT2D eigenvalue weighted by Crippen LogP contribution is -2.29. The van der Waals surface area contributed by atoms with E-state index >= 15 is 0 Å². The number of fused-ring (bicyclic) bond motifs is 8. The maximum Gasteiger partial charge on any atom is 0.469 e. The van der Waals surface area contributed by atoms with Crippen LogP contribution in [0.3, 0.4) is 0 Å². The lowest BCUT2D eigenvalue weighted by Gasteiger charge is -2.33. The van der Waals surface area contributed by atoms with Crippen LogP contribution < -0.4 is 18.9 Å². The van der Waals surface area contributed by atoms with Crippen molar-refractivity contribution in [2.24, 2.45) is 107 Å². The molecule has 4 aromatic rings. The van der Waals surface area contributed by atoms with Crippen LogP contribution in [-0.2, 0) is 93.8 Å². The first-order chi connectivity index (χ1) is 64.3. The van der Waals surface area contributed by atoms with Crippen molar-refractivity contribution < 1.29 is 86.5 Å². The summed E-state index contributed by atoms with van der Waals surface area (Å²) in [6, 6.07) is 26.6. The number of nitrogens with zero attached hydrogens (tertiary/aromatic N) is 1. The lowest BCUT2D eigenvalue weighted by atomic mass is 9.73. The fourth-order valence-corrected chi connectivity index (χ4v) is 23.5. The monoisotopic (exact) mass is 1980 g/mol. The van der Waals surface area contributed by atoms with Crippen molar-refractivity contribution in [1.82, 2.24) is 0 Å². The van der Waals surface area contributed by atoms with E-state index in [4.69, 9.17) is 82.9 Å². The number of phosphoric acid groups is 1. The average Bonchev–Trinajstić information content (AvgIpc) is 1.66. The van der Waals surface area contributed by atoms with Crippen LogP contribution >= 0.6 is 42.1 Å². The number of phosphoric ester groups is 1. The molecule has 0 amide bonds. The summed E-state index contributed by atoms with van der Waals surface area (Å²) in [5, 5.41) is 38.4. The maximum atomic E-state index is 11.5.